The minimum Gasteiger partial charge on any atom is -0.378 e. The number of carbonyl (C=O) groups excluding carboxylic acids is 2. The Morgan fingerprint density at radius 3 is 2.61 bits per heavy atom. The Morgan fingerprint density at radius 1 is 1.22 bits per heavy atom. The molecule has 0 spiro atoms. The van der Waals surface area contributed by atoms with Crippen molar-refractivity contribution >= 4 is 11.7 Å². The topological polar surface area (TPSA) is 46.6 Å². The van der Waals surface area contributed by atoms with Crippen molar-refractivity contribution in [3.63, 3.8) is 0 Å². The van der Waals surface area contributed by atoms with Crippen molar-refractivity contribution in [3.8, 4) is 0 Å². The van der Waals surface area contributed by atoms with Crippen molar-refractivity contribution in [2.24, 2.45) is 0 Å². The van der Waals surface area contributed by atoms with E-state index in [1.54, 1.807) is 11.9 Å². The summed E-state index contributed by atoms with van der Waals surface area (Å²) < 4.78 is 18.5. The van der Waals surface area contributed by atoms with Gasteiger partial charge in [0.1, 0.15) is 5.82 Å². The quantitative estimate of drug-likeness (QED) is 0.725. The average Bonchev–Trinajstić information content (AvgIpc) is 2.58. The highest BCUT2D eigenvalue weighted by atomic mass is 19.1. The van der Waals surface area contributed by atoms with Crippen LogP contribution in [-0.4, -0.2) is 42.9 Å². The number of ether oxygens (including phenoxy) is 1. The Balaban J connectivity index is 1.70. The molecule has 0 aromatic heterocycles. The molecular weight excluding hydrogens is 297 g/mol. The van der Waals surface area contributed by atoms with Gasteiger partial charge in [0, 0.05) is 38.6 Å². The highest BCUT2D eigenvalue weighted by Gasteiger charge is 2.17. The number of hydrogen-bond donors (Lipinski definition) is 0. The maximum atomic E-state index is 12.8. The zero-order valence-electron chi connectivity index (χ0n) is 13.6. The molecule has 0 bridgehead atoms. The van der Waals surface area contributed by atoms with Crippen molar-refractivity contribution in [1.29, 1.82) is 0 Å². The Bertz CT molecular complexity index is 524. The summed E-state index contributed by atoms with van der Waals surface area (Å²) in [7, 11) is 1.76. The molecule has 1 aromatic rings. The lowest BCUT2D eigenvalue weighted by Crippen LogP contribution is -2.31. The van der Waals surface area contributed by atoms with Gasteiger partial charge in [0.05, 0.1) is 6.10 Å². The van der Waals surface area contributed by atoms with Gasteiger partial charge in [0.15, 0.2) is 5.78 Å². The average molecular weight is 321 g/mol. The van der Waals surface area contributed by atoms with Gasteiger partial charge in [-0.25, -0.2) is 4.39 Å². The molecule has 1 aliphatic heterocycles. The first-order valence-electron chi connectivity index (χ1n) is 8.20. The molecule has 0 saturated carbocycles. The first-order valence-corrected chi connectivity index (χ1v) is 8.20. The molecule has 0 radical (unpaired) electrons. The number of carbonyl (C=O) groups is 2. The Morgan fingerprint density at radius 2 is 1.96 bits per heavy atom. The smallest absolute Gasteiger partial charge is 0.222 e. The summed E-state index contributed by atoms with van der Waals surface area (Å²) in [6.45, 7) is 1.46. The van der Waals surface area contributed by atoms with E-state index in [2.05, 4.69) is 0 Å². The van der Waals surface area contributed by atoms with Crippen LogP contribution >= 0.6 is 0 Å². The van der Waals surface area contributed by atoms with Gasteiger partial charge in [0.2, 0.25) is 5.91 Å². The number of amides is 1. The molecule has 0 unspecified atom stereocenters. The summed E-state index contributed by atoms with van der Waals surface area (Å²) in [6, 6.07) is 5.41. The molecular formula is C18H24FNO3. The number of rotatable bonds is 7. The molecule has 2 rings (SSSR count). The highest BCUT2D eigenvalue weighted by molar-refractivity contribution is 5.97. The lowest BCUT2D eigenvalue weighted by atomic mass is 10.1. The molecule has 0 aliphatic carbocycles. The normalized spacial score (nSPS) is 17.7. The van der Waals surface area contributed by atoms with E-state index in [0.29, 0.717) is 12.1 Å². The van der Waals surface area contributed by atoms with Crippen LogP contribution in [0, 0.1) is 5.82 Å². The first-order chi connectivity index (χ1) is 11.1. The molecule has 1 amide bonds. The van der Waals surface area contributed by atoms with Crippen LogP contribution in [0.2, 0.25) is 0 Å². The largest absolute Gasteiger partial charge is 0.378 e. The molecule has 1 aliphatic rings. The van der Waals surface area contributed by atoms with Crippen LogP contribution < -0.4 is 0 Å². The fourth-order valence-corrected chi connectivity index (χ4v) is 2.69. The Kier molecular flexibility index (Phi) is 6.71. The van der Waals surface area contributed by atoms with E-state index in [0.717, 1.165) is 25.9 Å². The first kappa shape index (κ1) is 17.6. The van der Waals surface area contributed by atoms with Crippen molar-refractivity contribution in [2.45, 2.75) is 44.6 Å². The number of Topliss-reactive ketones (excluding diaryl/α,β-unsaturated/α-hetero) is 1. The summed E-state index contributed by atoms with van der Waals surface area (Å²) in [6.07, 6.45) is 4.79. The van der Waals surface area contributed by atoms with Gasteiger partial charge in [-0.3, -0.25) is 9.59 Å². The predicted octanol–water partition coefficient (Wildman–Crippen LogP) is 3.21. The zero-order valence-corrected chi connectivity index (χ0v) is 13.6. The van der Waals surface area contributed by atoms with Gasteiger partial charge >= 0.3 is 0 Å². The van der Waals surface area contributed by atoms with E-state index in [-0.39, 0.29) is 36.5 Å². The third-order valence-corrected chi connectivity index (χ3v) is 4.22. The second-order valence-corrected chi connectivity index (χ2v) is 6.02. The van der Waals surface area contributed by atoms with Gasteiger partial charge in [0.25, 0.3) is 0 Å². The van der Waals surface area contributed by atoms with Crippen LogP contribution in [0.4, 0.5) is 4.39 Å². The van der Waals surface area contributed by atoms with Crippen molar-refractivity contribution in [1.82, 2.24) is 4.90 Å². The molecule has 126 valence electrons. The van der Waals surface area contributed by atoms with E-state index < -0.39 is 0 Å². The second-order valence-electron chi connectivity index (χ2n) is 6.02. The summed E-state index contributed by atoms with van der Waals surface area (Å²) >= 11 is 0. The molecule has 0 N–H and O–H groups in total. The number of benzene rings is 1. The van der Waals surface area contributed by atoms with Crippen LogP contribution in [0.1, 0.15) is 48.9 Å². The van der Waals surface area contributed by atoms with Crippen molar-refractivity contribution < 1.29 is 18.7 Å². The lowest BCUT2D eigenvalue weighted by molar-refractivity contribution is -0.130. The second kappa shape index (κ2) is 8.77. The van der Waals surface area contributed by atoms with Crippen LogP contribution in [0.25, 0.3) is 0 Å². The van der Waals surface area contributed by atoms with E-state index in [4.69, 9.17) is 4.74 Å². The van der Waals surface area contributed by atoms with Crippen LogP contribution in [0.5, 0.6) is 0 Å². The van der Waals surface area contributed by atoms with Gasteiger partial charge in [-0.2, -0.15) is 0 Å². The molecule has 23 heavy (non-hydrogen) atoms. The van der Waals surface area contributed by atoms with Gasteiger partial charge in [-0.05, 0) is 49.9 Å². The SMILES string of the molecule is CN(CC[C@@H]1CCCCO1)C(=O)CCC(=O)c1ccc(F)cc1. The van der Waals surface area contributed by atoms with Gasteiger partial charge in [-0.15, -0.1) is 0 Å². The lowest BCUT2D eigenvalue weighted by Gasteiger charge is -2.25. The standard InChI is InChI=1S/C18H24FNO3/c1-20(12-11-16-4-2-3-13-23-16)18(22)10-9-17(21)14-5-7-15(19)8-6-14/h5-8,16H,2-4,9-13H2,1H3/t16-/m0/s1. The molecule has 1 fully saturated rings. The van der Waals surface area contributed by atoms with E-state index in [1.807, 2.05) is 0 Å². The third kappa shape index (κ3) is 5.75. The maximum absolute atomic E-state index is 12.8. The minimum absolute atomic E-state index is 0.0451. The molecule has 4 nitrogen and oxygen atoms in total. The zero-order chi connectivity index (χ0) is 16.7. The summed E-state index contributed by atoms with van der Waals surface area (Å²) in [5.74, 6) is -0.555. The fraction of sp³-hybridized carbons (Fsp3) is 0.556. The minimum atomic E-state index is -0.373. The van der Waals surface area contributed by atoms with Crippen molar-refractivity contribution in [3.05, 3.63) is 35.6 Å². The van der Waals surface area contributed by atoms with Crippen LogP contribution in [-0.2, 0) is 9.53 Å². The summed E-state index contributed by atoms with van der Waals surface area (Å²) in [5.41, 5.74) is 0.442. The van der Waals surface area contributed by atoms with Gasteiger partial charge < -0.3 is 9.64 Å². The maximum Gasteiger partial charge on any atom is 0.222 e. The van der Waals surface area contributed by atoms with Crippen LogP contribution in [0.15, 0.2) is 24.3 Å². The van der Waals surface area contributed by atoms with Crippen molar-refractivity contribution in [2.75, 3.05) is 20.2 Å². The Labute approximate surface area is 136 Å². The number of hydrogen-bond acceptors (Lipinski definition) is 3. The van der Waals surface area contributed by atoms with E-state index in [9.17, 15) is 14.0 Å². The van der Waals surface area contributed by atoms with Crippen LogP contribution in [0.3, 0.4) is 0 Å². The predicted molar refractivity (Wildman–Crippen MR) is 85.8 cm³/mol. The number of ketones is 1. The number of nitrogens with zero attached hydrogens (tertiary/aromatic N) is 1. The Hall–Kier alpha value is -1.75. The summed E-state index contributed by atoms with van der Waals surface area (Å²) in [5, 5.41) is 0. The molecule has 1 saturated heterocycles. The van der Waals surface area contributed by atoms with Gasteiger partial charge in [-0.1, -0.05) is 0 Å². The monoisotopic (exact) mass is 321 g/mol. The third-order valence-electron chi connectivity index (χ3n) is 4.22. The molecule has 5 heteroatoms. The molecule has 1 aromatic carbocycles. The highest BCUT2D eigenvalue weighted by Crippen LogP contribution is 2.16. The van der Waals surface area contributed by atoms with E-state index in [1.165, 1.54) is 30.7 Å². The fourth-order valence-electron chi connectivity index (χ4n) is 2.69. The number of halogens is 1. The summed E-state index contributed by atoms with van der Waals surface area (Å²) in [4.78, 5) is 25.7. The van der Waals surface area contributed by atoms with E-state index >= 15 is 0 Å². The molecule has 1 atom stereocenters. The molecule has 1 heterocycles.